The Balaban J connectivity index is 2.54. The molecule has 1 saturated heterocycles. The minimum atomic E-state index is -3.04. The second kappa shape index (κ2) is 5.27. The van der Waals surface area contributed by atoms with Gasteiger partial charge in [-0.1, -0.05) is 6.92 Å². The van der Waals surface area contributed by atoms with Crippen molar-refractivity contribution in [2.45, 2.75) is 39.2 Å². The van der Waals surface area contributed by atoms with Gasteiger partial charge in [-0.05, 0) is 38.6 Å². The molecule has 0 radical (unpaired) electrons. The molecule has 5 heteroatoms. The van der Waals surface area contributed by atoms with Crippen molar-refractivity contribution < 1.29 is 8.42 Å². The SMILES string of the molecule is CC1CC(C)N(S(=O)(=O)CCCCN)C1. The van der Waals surface area contributed by atoms with Crippen LogP contribution in [0.4, 0.5) is 0 Å². The topological polar surface area (TPSA) is 63.4 Å². The predicted octanol–water partition coefficient (Wildman–Crippen LogP) is 0.785. The van der Waals surface area contributed by atoms with Gasteiger partial charge in [-0.2, -0.15) is 4.31 Å². The first-order valence-electron chi connectivity index (χ1n) is 5.67. The smallest absolute Gasteiger partial charge is 0.214 e. The van der Waals surface area contributed by atoms with E-state index in [1.54, 1.807) is 4.31 Å². The van der Waals surface area contributed by atoms with E-state index in [1.807, 2.05) is 6.92 Å². The molecule has 0 saturated carbocycles. The van der Waals surface area contributed by atoms with Crippen LogP contribution in [0.25, 0.3) is 0 Å². The van der Waals surface area contributed by atoms with Crippen LogP contribution < -0.4 is 5.73 Å². The van der Waals surface area contributed by atoms with Gasteiger partial charge >= 0.3 is 0 Å². The normalized spacial score (nSPS) is 28.5. The first kappa shape index (κ1) is 12.9. The Morgan fingerprint density at radius 2 is 2.00 bits per heavy atom. The Kier molecular flexibility index (Phi) is 4.55. The molecule has 0 aromatic heterocycles. The molecule has 0 aliphatic carbocycles. The van der Waals surface area contributed by atoms with Gasteiger partial charge in [0.1, 0.15) is 0 Å². The van der Waals surface area contributed by atoms with E-state index in [0.29, 0.717) is 25.4 Å². The van der Waals surface area contributed by atoms with E-state index in [2.05, 4.69) is 6.92 Å². The summed E-state index contributed by atoms with van der Waals surface area (Å²) in [5, 5.41) is 0. The molecule has 2 N–H and O–H groups in total. The molecule has 0 aromatic carbocycles. The lowest BCUT2D eigenvalue weighted by Crippen LogP contribution is -2.35. The van der Waals surface area contributed by atoms with E-state index in [-0.39, 0.29) is 11.8 Å². The summed E-state index contributed by atoms with van der Waals surface area (Å²) >= 11 is 0. The third-order valence-corrected chi connectivity index (χ3v) is 4.97. The van der Waals surface area contributed by atoms with Gasteiger partial charge in [0.05, 0.1) is 5.75 Å². The molecule has 2 atom stereocenters. The van der Waals surface area contributed by atoms with Crippen LogP contribution in [0, 0.1) is 5.92 Å². The second-order valence-electron chi connectivity index (χ2n) is 4.57. The Bertz CT molecular complexity index is 290. The molecule has 1 heterocycles. The summed E-state index contributed by atoms with van der Waals surface area (Å²) in [6.07, 6.45) is 2.45. The molecule has 2 unspecified atom stereocenters. The average molecular weight is 234 g/mol. The van der Waals surface area contributed by atoms with Gasteiger partial charge in [-0.3, -0.25) is 0 Å². The zero-order chi connectivity index (χ0) is 11.5. The monoisotopic (exact) mass is 234 g/mol. The first-order valence-corrected chi connectivity index (χ1v) is 7.28. The summed E-state index contributed by atoms with van der Waals surface area (Å²) in [6, 6.07) is 0.169. The minimum Gasteiger partial charge on any atom is -0.330 e. The van der Waals surface area contributed by atoms with E-state index in [9.17, 15) is 8.42 Å². The lowest BCUT2D eigenvalue weighted by Gasteiger charge is -2.20. The van der Waals surface area contributed by atoms with Gasteiger partial charge in [-0.25, -0.2) is 8.42 Å². The van der Waals surface area contributed by atoms with E-state index >= 15 is 0 Å². The summed E-state index contributed by atoms with van der Waals surface area (Å²) in [5.41, 5.74) is 5.35. The van der Waals surface area contributed by atoms with Crippen LogP contribution in [0.3, 0.4) is 0 Å². The molecular formula is C10H22N2O2S. The molecule has 1 aliphatic heterocycles. The molecule has 1 rings (SSSR count). The van der Waals surface area contributed by atoms with Gasteiger partial charge in [-0.15, -0.1) is 0 Å². The van der Waals surface area contributed by atoms with E-state index < -0.39 is 10.0 Å². The van der Waals surface area contributed by atoms with Gasteiger partial charge in [0.15, 0.2) is 0 Å². The molecule has 0 amide bonds. The van der Waals surface area contributed by atoms with Crippen LogP contribution in [-0.4, -0.2) is 37.6 Å². The maximum absolute atomic E-state index is 11.9. The first-order chi connectivity index (χ1) is 6.97. The van der Waals surface area contributed by atoms with Gasteiger partial charge in [0.2, 0.25) is 10.0 Å². The zero-order valence-electron chi connectivity index (χ0n) is 9.65. The summed E-state index contributed by atoms with van der Waals surface area (Å²) in [5.74, 6) is 0.741. The standard InChI is InChI=1S/C10H22N2O2S/c1-9-7-10(2)12(8-9)15(13,14)6-4-3-5-11/h9-10H,3-8,11H2,1-2H3. The molecule has 0 bridgehead atoms. The molecule has 1 fully saturated rings. The van der Waals surface area contributed by atoms with Crippen molar-refractivity contribution in [2.24, 2.45) is 11.7 Å². The molecule has 4 nitrogen and oxygen atoms in total. The quantitative estimate of drug-likeness (QED) is 0.715. The summed E-state index contributed by atoms with van der Waals surface area (Å²) in [4.78, 5) is 0. The lowest BCUT2D eigenvalue weighted by molar-refractivity contribution is 0.404. The Morgan fingerprint density at radius 3 is 2.47 bits per heavy atom. The highest BCUT2D eigenvalue weighted by Gasteiger charge is 2.34. The van der Waals surface area contributed by atoms with Crippen molar-refractivity contribution in [3.63, 3.8) is 0 Å². The second-order valence-corrected chi connectivity index (χ2v) is 6.61. The Hall–Kier alpha value is -0.130. The van der Waals surface area contributed by atoms with Crippen molar-refractivity contribution in [3.8, 4) is 0 Å². The number of sulfonamides is 1. The van der Waals surface area contributed by atoms with Gasteiger partial charge in [0.25, 0.3) is 0 Å². The third-order valence-electron chi connectivity index (χ3n) is 2.94. The maximum atomic E-state index is 11.9. The Morgan fingerprint density at radius 1 is 1.33 bits per heavy atom. The van der Waals surface area contributed by atoms with Crippen molar-refractivity contribution >= 4 is 10.0 Å². The third kappa shape index (κ3) is 3.43. The number of nitrogens with zero attached hydrogens (tertiary/aromatic N) is 1. The number of hydrogen-bond acceptors (Lipinski definition) is 3. The fourth-order valence-electron chi connectivity index (χ4n) is 2.20. The van der Waals surface area contributed by atoms with Crippen LogP contribution >= 0.6 is 0 Å². The molecular weight excluding hydrogens is 212 g/mol. The summed E-state index contributed by atoms with van der Waals surface area (Å²) in [7, 11) is -3.04. The number of unbranched alkanes of at least 4 members (excludes halogenated alkanes) is 1. The lowest BCUT2D eigenvalue weighted by atomic mass is 10.1. The zero-order valence-corrected chi connectivity index (χ0v) is 10.5. The molecule has 1 aliphatic rings. The van der Waals surface area contributed by atoms with Crippen LogP contribution in [0.1, 0.15) is 33.1 Å². The average Bonchev–Trinajstić information content (AvgIpc) is 2.46. The highest BCUT2D eigenvalue weighted by Crippen LogP contribution is 2.25. The fraction of sp³-hybridized carbons (Fsp3) is 1.00. The molecule has 90 valence electrons. The summed E-state index contributed by atoms with van der Waals surface area (Å²) in [6.45, 7) is 5.35. The number of nitrogens with two attached hydrogens (primary N) is 1. The largest absolute Gasteiger partial charge is 0.330 e. The van der Waals surface area contributed by atoms with Crippen molar-refractivity contribution in [3.05, 3.63) is 0 Å². The van der Waals surface area contributed by atoms with Gasteiger partial charge < -0.3 is 5.73 Å². The predicted molar refractivity (Wildman–Crippen MR) is 62.0 cm³/mol. The number of rotatable bonds is 5. The van der Waals surface area contributed by atoms with E-state index in [1.165, 1.54) is 0 Å². The van der Waals surface area contributed by atoms with Crippen LogP contribution in [0.5, 0.6) is 0 Å². The highest BCUT2D eigenvalue weighted by molar-refractivity contribution is 7.89. The molecule has 0 spiro atoms. The maximum Gasteiger partial charge on any atom is 0.214 e. The van der Waals surface area contributed by atoms with Crippen molar-refractivity contribution in [1.29, 1.82) is 0 Å². The van der Waals surface area contributed by atoms with Crippen LogP contribution in [-0.2, 0) is 10.0 Å². The minimum absolute atomic E-state index is 0.169. The fourth-order valence-corrected chi connectivity index (χ4v) is 4.11. The molecule has 0 aromatic rings. The van der Waals surface area contributed by atoms with Crippen LogP contribution in [0.2, 0.25) is 0 Å². The van der Waals surface area contributed by atoms with Gasteiger partial charge in [0, 0.05) is 12.6 Å². The molecule has 15 heavy (non-hydrogen) atoms. The van der Waals surface area contributed by atoms with E-state index in [4.69, 9.17) is 5.73 Å². The highest BCUT2D eigenvalue weighted by atomic mass is 32.2. The Labute approximate surface area is 92.9 Å². The van der Waals surface area contributed by atoms with Crippen molar-refractivity contribution in [2.75, 3.05) is 18.8 Å². The van der Waals surface area contributed by atoms with Crippen molar-refractivity contribution in [1.82, 2.24) is 4.31 Å². The van der Waals surface area contributed by atoms with Crippen LogP contribution in [0.15, 0.2) is 0 Å². The summed E-state index contributed by atoms with van der Waals surface area (Å²) < 4.78 is 25.6. The number of hydrogen-bond donors (Lipinski definition) is 1. The van der Waals surface area contributed by atoms with E-state index in [0.717, 1.165) is 12.8 Å².